The zero-order chi connectivity index (χ0) is 70.7. The third-order valence-corrected chi connectivity index (χ3v) is 20.6. The van der Waals surface area contributed by atoms with Crippen LogP contribution < -0.4 is 18.3 Å². The Hall–Kier alpha value is -11.2. The Bertz CT molecular complexity index is 5990. The van der Waals surface area contributed by atoms with Gasteiger partial charge in [-0.2, -0.15) is 18.3 Å². The van der Waals surface area contributed by atoms with Gasteiger partial charge in [0, 0.05) is 67.4 Å². The first-order chi connectivity index (χ1) is 48.7. The van der Waals surface area contributed by atoms with Gasteiger partial charge in [0.15, 0.2) is 0 Å². The molecule has 0 fully saturated rings. The van der Waals surface area contributed by atoms with Gasteiger partial charge in [-0.3, -0.25) is 0 Å². The summed E-state index contributed by atoms with van der Waals surface area (Å²) in [4.78, 5) is 0. The molecule has 101 heavy (non-hydrogen) atoms. The van der Waals surface area contributed by atoms with Gasteiger partial charge in [0.2, 0.25) is 0 Å². The fourth-order valence-electron chi connectivity index (χ4n) is 15.4. The zero-order valence-corrected chi connectivity index (χ0v) is 61.6. The number of hydrogen-bond acceptors (Lipinski definition) is 0. The molecule has 17 aromatic rings. The lowest BCUT2D eigenvalue weighted by atomic mass is 9.85. The first kappa shape index (κ1) is 67.0. The highest BCUT2D eigenvalue weighted by Gasteiger charge is 2.29. The molecule has 0 unspecified atom stereocenters. The van der Waals surface area contributed by atoms with Crippen LogP contribution in [0.1, 0.15) is 105 Å². The topological polar surface area (TPSA) is 35.2 Å². The van der Waals surface area contributed by atoms with E-state index >= 15 is 0 Å². The number of hydrogen-bond donors (Lipinski definition) is 0. The van der Waals surface area contributed by atoms with Gasteiger partial charge in [0.05, 0.1) is 53.0 Å². The van der Waals surface area contributed by atoms with Crippen LogP contribution in [0, 0.1) is 34.6 Å². The Balaban J connectivity index is 0.000000116. The number of benzene rings is 9. The molecule has 0 saturated heterocycles. The van der Waals surface area contributed by atoms with Crippen LogP contribution in [0.3, 0.4) is 0 Å². The van der Waals surface area contributed by atoms with Gasteiger partial charge in [0.25, 0.3) is 23.3 Å². The van der Waals surface area contributed by atoms with Gasteiger partial charge in [-0.15, -0.1) is 0 Å². The Morgan fingerprint density at radius 1 is 0.287 bits per heavy atom. The minimum atomic E-state index is 0.122. The average molecular weight is 1320 g/mol. The summed E-state index contributed by atoms with van der Waals surface area (Å²) in [5.74, 6) is 5.69. The molecule has 17 rings (SSSR count). The number of pyridine rings is 4. The molecule has 0 bridgehead atoms. The molecule has 0 saturated carbocycles. The maximum atomic E-state index is 2.44. The highest BCUT2D eigenvalue weighted by atomic mass is 15.2. The van der Waals surface area contributed by atoms with Crippen LogP contribution in [0.2, 0.25) is 0 Å². The van der Waals surface area contributed by atoms with Crippen LogP contribution in [0.5, 0.6) is 0 Å². The van der Waals surface area contributed by atoms with E-state index in [1.54, 1.807) is 0 Å². The molecule has 0 N–H and O–H groups in total. The van der Waals surface area contributed by atoms with Crippen molar-refractivity contribution >= 4 is 87.2 Å². The van der Waals surface area contributed by atoms with E-state index in [9.17, 15) is 0 Å². The molecule has 0 radical (unpaired) electrons. The molecule has 9 aromatic carbocycles. The minimum Gasteiger partial charge on any atom is -0.237 e. The summed E-state index contributed by atoms with van der Waals surface area (Å²) in [6, 6.07) is 87.7. The van der Waals surface area contributed by atoms with Gasteiger partial charge >= 0.3 is 0 Å². The van der Waals surface area contributed by atoms with Gasteiger partial charge in [-0.1, -0.05) is 170 Å². The molecule has 0 aliphatic carbocycles. The van der Waals surface area contributed by atoms with Crippen molar-refractivity contribution in [3.63, 3.8) is 0 Å². The lowest BCUT2D eigenvalue weighted by molar-refractivity contribution is -0.665. The van der Waals surface area contributed by atoms with Crippen LogP contribution in [0.4, 0.5) is 0 Å². The average Bonchev–Trinajstić information content (AvgIpc) is 1.65. The van der Waals surface area contributed by atoms with Gasteiger partial charge in [0.1, 0.15) is 44.1 Å². The SMILES string of the molecule is Cc1cc[n+](C)c(-n2c3ccccc3c3cccc(C)c32)c1.Cc1cccc2c3ccccc3n(-c3cc(-c4c(C(C)C)cccc4C(C)C)cc[n+]3C)c12.Cc1cccc2c3ccccc3n(-c3cc(C(C)(C)C)cc[n+]3C)c12.Cc1cccc2c3ccccc3n(-c3cccc[n+]3C)c12. The van der Waals surface area contributed by atoms with Crippen LogP contribution in [-0.2, 0) is 33.6 Å². The molecule has 8 aromatic heterocycles. The number of fused-ring (bicyclic) bond motifs is 12. The van der Waals surface area contributed by atoms with Crippen molar-refractivity contribution in [1.29, 1.82) is 0 Å². The Morgan fingerprint density at radius 2 is 0.604 bits per heavy atom. The number of nitrogens with zero attached hydrogens (tertiary/aromatic N) is 8. The standard InChI is InChI=1S/C31H33N2.C23H25N2.C20H19N2.C19H17N2/c1-20(2)24-13-10-14-25(21(3)4)30(24)23-17-18-32(6)29(19-23)33-28-16-8-7-12-26(28)27-15-9-11-22(5)31(27)33;1-16-9-8-11-19-18-10-6-7-12-20(18)25(22(16)19)21-15-17(23(2,3)4)13-14-24(21)5;1-14-11-12-21(3)19(13-14)22-18-10-5-4-8-16(18)17-9-6-7-15(2)20(17)22;1-14-8-7-10-16-15-9-3-4-11-17(15)21(19(14)16)18-12-5-6-13-20(18)2/h7-21H,1-6H3;6-15H,1-5H3;4-13H,1-3H3;3-13H,1-2H3/q4*+1. The fraction of sp³-hybridized carbons (Fsp3) is 0.204. The largest absolute Gasteiger partial charge is 0.287 e. The van der Waals surface area contributed by atoms with Crippen molar-refractivity contribution in [3.05, 3.63) is 312 Å². The predicted octanol–water partition coefficient (Wildman–Crippen LogP) is 21.2. The van der Waals surface area contributed by atoms with Crippen molar-refractivity contribution < 1.29 is 18.3 Å². The lowest BCUT2D eigenvalue weighted by Gasteiger charge is -2.20. The predicted molar refractivity (Wildman–Crippen MR) is 424 cm³/mol. The van der Waals surface area contributed by atoms with E-state index in [4.69, 9.17) is 0 Å². The molecule has 8 nitrogen and oxygen atoms in total. The van der Waals surface area contributed by atoms with Crippen LogP contribution in [0.25, 0.3) is 122 Å². The quantitative estimate of drug-likeness (QED) is 0.143. The summed E-state index contributed by atoms with van der Waals surface area (Å²) in [7, 11) is 8.47. The third kappa shape index (κ3) is 12.1. The molecule has 0 aliphatic heterocycles. The Morgan fingerprint density at radius 3 is 0.990 bits per heavy atom. The third-order valence-electron chi connectivity index (χ3n) is 20.6. The number of rotatable bonds is 7. The number of para-hydroxylation sites is 8. The second-order valence-corrected chi connectivity index (χ2v) is 29.3. The van der Waals surface area contributed by atoms with Gasteiger partial charge in [-0.05, 0) is 205 Å². The van der Waals surface area contributed by atoms with Crippen molar-refractivity contribution in [2.45, 2.75) is 100 Å². The summed E-state index contributed by atoms with van der Waals surface area (Å²) in [5.41, 5.74) is 23.6. The highest BCUT2D eigenvalue weighted by molar-refractivity contribution is 6.13. The van der Waals surface area contributed by atoms with E-state index in [0.717, 1.165) is 0 Å². The number of aryl methyl sites for hydroxylation is 9. The summed E-state index contributed by atoms with van der Waals surface area (Å²) in [5, 5.41) is 10.5. The molecule has 8 heterocycles. The van der Waals surface area contributed by atoms with E-state index in [-0.39, 0.29) is 5.41 Å². The second kappa shape index (κ2) is 27.1. The summed E-state index contributed by atoms with van der Waals surface area (Å²) in [6.45, 7) is 26.9. The summed E-state index contributed by atoms with van der Waals surface area (Å²) < 4.78 is 18.4. The van der Waals surface area contributed by atoms with Crippen molar-refractivity contribution in [2.75, 3.05) is 0 Å². The molecule has 0 atom stereocenters. The van der Waals surface area contributed by atoms with Crippen molar-refractivity contribution in [2.24, 2.45) is 28.2 Å². The normalized spacial score (nSPS) is 11.7. The van der Waals surface area contributed by atoms with Gasteiger partial charge < -0.3 is 0 Å². The van der Waals surface area contributed by atoms with Crippen molar-refractivity contribution in [1.82, 2.24) is 18.3 Å². The fourth-order valence-corrected chi connectivity index (χ4v) is 15.4. The van der Waals surface area contributed by atoms with Gasteiger partial charge in [-0.25, -0.2) is 18.3 Å². The van der Waals surface area contributed by atoms with Crippen molar-refractivity contribution in [3.8, 4) is 34.4 Å². The van der Waals surface area contributed by atoms with E-state index in [1.807, 2.05) is 0 Å². The Labute approximate surface area is 595 Å². The smallest absolute Gasteiger partial charge is 0.237 e. The monoisotopic (exact) mass is 1320 g/mol. The first-order valence-electron chi connectivity index (χ1n) is 35.7. The first-order valence-corrected chi connectivity index (χ1v) is 35.7. The summed E-state index contributed by atoms with van der Waals surface area (Å²) in [6.07, 6.45) is 8.61. The molecule has 0 aliphatic rings. The highest BCUT2D eigenvalue weighted by Crippen LogP contribution is 2.41. The molecule has 0 amide bonds. The maximum Gasteiger partial charge on any atom is 0.287 e. The van der Waals surface area contributed by atoms with E-state index in [2.05, 4.69) is 415 Å². The molecule has 8 heteroatoms. The molecular formula is C93H94N8+4. The van der Waals surface area contributed by atoms with Crippen LogP contribution >= 0.6 is 0 Å². The summed E-state index contributed by atoms with van der Waals surface area (Å²) >= 11 is 0. The van der Waals surface area contributed by atoms with Crippen LogP contribution in [0.15, 0.2) is 267 Å². The van der Waals surface area contributed by atoms with E-state index in [0.29, 0.717) is 11.8 Å². The second-order valence-electron chi connectivity index (χ2n) is 29.3. The zero-order valence-electron chi connectivity index (χ0n) is 61.6. The molecule has 0 spiro atoms. The van der Waals surface area contributed by atoms with Crippen LogP contribution in [-0.4, -0.2) is 18.3 Å². The molecule has 502 valence electrons. The van der Waals surface area contributed by atoms with E-state index in [1.165, 1.54) is 166 Å². The maximum absolute atomic E-state index is 2.44. The molecular weight excluding hydrogens is 1230 g/mol. The number of aromatic nitrogens is 8. The Kier molecular flexibility index (Phi) is 18.0. The minimum absolute atomic E-state index is 0.122. The lowest BCUT2D eigenvalue weighted by Crippen LogP contribution is -2.34. The van der Waals surface area contributed by atoms with E-state index < -0.39 is 0 Å².